The Hall–Kier alpha value is -1.60. The molecule has 2 aliphatic rings. The number of para-hydroxylation sites is 1. The number of carbonyl (C=O) groups is 1. The van der Waals surface area contributed by atoms with Crippen molar-refractivity contribution in [2.75, 3.05) is 20.1 Å². The SMILES string of the molecule is CC(=O)N1CC[C@@H]2[C@@H](CC1)Oc1ccccc1S(=O)(=O)N2C. The van der Waals surface area contributed by atoms with Gasteiger partial charge < -0.3 is 9.64 Å². The molecule has 6 nitrogen and oxygen atoms in total. The summed E-state index contributed by atoms with van der Waals surface area (Å²) in [5, 5.41) is 0. The van der Waals surface area contributed by atoms with Crippen LogP contribution in [0.1, 0.15) is 19.8 Å². The van der Waals surface area contributed by atoms with Crippen LogP contribution in [0.15, 0.2) is 29.2 Å². The smallest absolute Gasteiger partial charge is 0.246 e. The molecule has 0 bridgehead atoms. The first kappa shape index (κ1) is 15.3. The van der Waals surface area contributed by atoms with Crippen molar-refractivity contribution in [1.29, 1.82) is 0 Å². The molecule has 0 unspecified atom stereocenters. The van der Waals surface area contributed by atoms with Crippen molar-refractivity contribution in [2.24, 2.45) is 0 Å². The Balaban J connectivity index is 2.00. The van der Waals surface area contributed by atoms with E-state index in [1.54, 1.807) is 36.2 Å². The minimum absolute atomic E-state index is 0.0161. The molecule has 0 aromatic heterocycles. The molecule has 2 aliphatic heterocycles. The Morgan fingerprint density at radius 2 is 1.91 bits per heavy atom. The number of hydrogen-bond donors (Lipinski definition) is 0. The topological polar surface area (TPSA) is 66.9 Å². The van der Waals surface area contributed by atoms with Crippen molar-refractivity contribution < 1.29 is 17.9 Å². The van der Waals surface area contributed by atoms with Gasteiger partial charge in [0, 0.05) is 33.5 Å². The molecule has 2 atom stereocenters. The van der Waals surface area contributed by atoms with E-state index in [0.29, 0.717) is 31.7 Å². The molecule has 3 rings (SSSR count). The third kappa shape index (κ3) is 2.48. The van der Waals surface area contributed by atoms with E-state index in [1.165, 1.54) is 11.2 Å². The third-order valence-electron chi connectivity index (χ3n) is 4.50. The minimum Gasteiger partial charge on any atom is -0.487 e. The molecule has 1 aromatic rings. The van der Waals surface area contributed by atoms with Gasteiger partial charge in [-0.1, -0.05) is 12.1 Å². The highest BCUT2D eigenvalue weighted by atomic mass is 32.2. The zero-order valence-electron chi connectivity index (χ0n) is 12.7. The molecule has 0 aliphatic carbocycles. The van der Waals surface area contributed by atoms with Crippen molar-refractivity contribution in [3.8, 4) is 5.75 Å². The first-order valence-electron chi connectivity index (χ1n) is 7.40. The Morgan fingerprint density at radius 1 is 1.23 bits per heavy atom. The van der Waals surface area contributed by atoms with Gasteiger partial charge in [-0.15, -0.1) is 0 Å². The summed E-state index contributed by atoms with van der Waals surface area (Å²) in [6, 6.07) is 6.48. The number of fused-ring (bicyclic) bond motifs is 2. The van der Waals surface area contributed by atoms with Crippen LogP contribution in [-0.2, 0) is 14.8 Å². The van der Waals surface area contributed by atoms with Crippen LogP contribution in [0.5, 0.6) is 5.75 Å². The van der Waals surface area contributed by atoms with E-state index in [4.69, 9.17) is 4.74 Å². The van der Waals surface area contributed by atoms with Crippen LogP contribution in [0.4, 0.5) is 0 Å². The summed E-state index contributed by atoms with van der Waals surface area (Å²) in [7, 11) is -1.98. The lowest BCUT2D eigenvalue weighted by Crippen LogP contribution is -2.44. The average Bonchev–Trinajstić information content (AvgIpc) is 2.72. The highest BCUT2D eigenvalue weighted by molar-refractivity contribution is 7.89. The Bertz CT molecular complexity index is 689. The second kappa shape index (κ2) is 5.55. The molecule has 1 saturated heterocycles. The number of amides is 1. The van der Waals surface area contributed by atoms with Gasteiger partial charge in [0.25, 0.3) is 0 Å². The molecule has 0 spiro atoms. The molecule has 0 N–H and O–H groups in total. The highest BCUT2D eigenvalue weighted by Gasteiger charge is 2.41. The van der Waals surface area contributed by atoms with E-state index in [9.17, 15) is 13.2 Å². The van der Waals surface area contributed by atoms with Gasteiger partial charge in [-0.25, -0.2) is 8.42 Å². The third-order valence-corrected chi connectivity index (χ3v) is 6.43. The van der Waals surface area contributed by atoms with Crippen molar-refractivity contribution in [3.05, 3.63) is 24.3 Å². The summed E-state index contributed by atoms with van der Waals surface area (Å²) in [6.45, 7) is 2.68. The molecule has 1 amide bonds. The van der Waals surface area contributed by atoms with Crippen LogP contribution in [0, 0.1) is 0 Å². The number of likely N-dealkylation sites (N-methyl/N-ethyl adjacent to an activating group) is 1. The Kier molecular flexibility index (Phi) is 3.86. The zero-order valence-corrected chi connectivity index (χ0v) is 13.5. The largest absolute Gasteiger partial charge is 0.487 e. The van der Waals surface area contributed by atoms with Gasteiger partial charge in [0.15, 0.2) is 0 Å². The maximum absolute atomic E-state index is 12.8. The average molecular weight is 324 g/mol. The molecule has 7 heteroatoms. The van der Waals surface area contributed by atoms with E-state index in [0.717, 1.165) is 0 Å². The van der Waals surface area contributed by atoms with Gasteiger partial charge in [0.2, 0.25) is 15.9 Å². The maximum atomic E-state index is 12.8. The van der Waals surface area contributed by atoms with Gasteiger partial charge in [-0.05, 0) is 18.6 Å². The maximum Gasteiger partial charge on any atom is 0.246 e. The van der Waals surface area contributed by atoms with Gasteiger partial charge in [0.05, 0.1) is 6.04 Å². The second-order valence-corrected chi connectivity index (χ2v) is 7.74. The number of benzene rings is 1. The van der Waals surface area contributed by atoms with Crippen LogP contribution in [-0.4, -0.2) is 55.8 Å². The van der Waals surface area contributed by atoms with Gasteiger partial charge >= 0.3 is 0 Å². The lowest BCUT2D eigenvalue weighted by Gasteiger charge is -2.28. The standard InChI is InChI=1S/C15H20N2O4S/c1-11(18)17-9-7-12-13(8-10-17)21-14-5-3-4-6-15(14)22(19,20)16(12)2/h3-6,12-13H,7-10H2,1-2H3/t12-,13-/m1/s1. The first-order chi connectivity index (χ1) is 10.4. The fourth-order valence-electron chi connectivity index (χ4n) is 3.19. The lowest BCUT2D eigenvalue weighted by atomic mass is 10.1. The minimum atomic E-state index is -3.58. The van der Waals surface area contributed by atoms with E-state index >= 15 is 0 Å². The van der Waals surface area contributed by atoms with Crippen LogP contribution < -0.4 is 4.74 Å². The number of carbonyl (C=O) groups excluding carboxylic acids is 1. The molecular formula is C15H20N2O4S. The first-order valence-corrected chi connectivity index (χ1v) is 8.84. The van der Waals surface area contributed by atoms with E-state index in [2.05, 4.69) is 0 Å². The molecule has 0 radical (unpaired) electrons. The number of sulfonamides is 1. The molecule has 1 fully saturated rings. The lowest BCUT2D eigenvalue weighted by molar-refractivity contribution is -0.128. The van der Waals surface area contributed by atoms with Crippen LogP contribution >= 0.6 is 0 Å². The molecule has 120 valence electrons. The molecule has 22 heavy (non-hydrogen) atoms. The van der Waals surface area contributed by atoms with Crippen LogP contribution in [0.2, 0.25) is 0 Å². The molecular weight excluding hydrogens is 304 g/mol. The van der Waals surface area contributed by atoms with Crippen molar-refractivity contribution >= 4 is 15.9 Å². The van der Waals surface area contributed by atoms with Crippen molar-refractivity contribution in [3.63, 3.8) is 0 Å². The Morgan fingerprint density at radius 3 is 2.64 bits per heavy atom. The Labute approximate surface area is 130 Å². The van der Waals surface area contributed by atoms with Gasteiger partial charge in [0.1, 0.15) is 16.7 Å². The van der Waals surface area contributed by atoms with Crippen LogP contribution in [0.3, 0.4) is 0 Å². The zero-order chi connectivity index (χ0) is 15.9. The fourth-order valence-corrected chi connectivity index (χ4v) is 4.72. The van der Waals surface area contributed by atoms with E-state index in [-0.39, 0.29) is 22.9 Å². The monoisotopic (exact) mass is 324 g/mol. The number of ether oxygens (including phenoxy) is 1. The summed E-state index contributed by atoms with van der Waals surface area (Å²) >= 11 is 0. The van der Waals surface area contributed by atoms with Gasteiger partial charge in [-0.2, -0.15) is 4.31 Å². The summed E-state index contributed by atoms with van der Waals surface area (Å²) in [5.41, 5.74) is 0. The summed E-state index contributed by atoms with van der Waals surface area (Å²) in [4.78, 5) is 13.6. The normalized spacial score (nSPS) is 27.8. The van der Waals surface area contributed by atoms with Crippen molar-refractivity contribution in [1.82, 2.24) is 9.21 Å². The van der Waals surface area contributed by atoms with E-state index in [1.807, 2.05) is 0 Å². The van der Waals surface area contributed by atoms with Gasteiger partial charge in [-0.3, -0.25) is 4.79 Å². The highest BCUT2D eigenvalue weighted by Crippen LogP contribution is 2.35. The number of hydrogen-bond acceptors (Lipinski definition) is 4. The molecule has 0 saturated carbocycles. The van der Waals surface area contributed by atoms with Crippen molar-refractivity contribution in [2.45, 2.75) is 36.8 Å². The predicted octanol–water partition coefficient (Wildman–Crippen LogP) is 1.08. The number of rotatable bonds is 0. The predicted molar refractivity (Wildman–Crippen MR) is 81.1 cm³/mol. The number of likely N-dealkylation sites (tertiary alicyclic amines) is 1. The van der Waals surface area contributed by atoms with Crippen LogP contribution in [0.25, 0.3) is 0 Å². The fraction of sp³-hybridized carbons (Fsp3) is 0.533. The summed E-state index contributed by atoms with van der Waals surface area (Å²) in [6.07, 6.45) is 0.958. The second-order valence-electron chi connectivity index (χ2n) is 5.78. The molecule has 1 aromatic carbocycles. The van der Waals surface area contributed by atoms with E-state index < -0.39 is 10.0 Å². The number of nitrogens with zero attached hydrogens (tertiary/aromatic N) is 2. The quantitative estimate of drug-likeness (QED) is 0.716. The molecule has 2 heterocycles. The summed E-state index contributed by atoms with van der Waals surface area (Å²) in [5.74, 6) is 0.417. The summed E-state index contributed by atoms with van der Waals surface area (Å²) < 4.78 is 33.0.